The van der Waals surface area contributed by atoms with Gasteiger partial charge >= 0.3 is 11.9 Å². The van der Waals surface area contributed by atoms with Crippen molar-refractivity contribution >= 4 is 11.9 Å². The van der Waals surface area contributed by atoms with Crippen molar-refractivity contribution in [1.29, 1.82) is 0 Å². The van der Waals surface area contributed by atoms with Gasteiger partial charge in [-0.15, -0.1) is 0 Å². The van der Waals surface area contributed by atoms with Crippen molar-refractivity contribution in [2.45, 2.75) is 66.2 Å². The van der Waals surface area contributed by atoms with Crippen LogP contribution in [-0.2, 0) is 19.1 Å². The molecule has 0 radical (unpaired) electrons. The summed E-state index contributed by atoms with van der Waals surface area (Å²) in [4.78, 5) is 20.4. The van der Waals surface area contributed by atoms with Crippen molar-refractivity contribution in [2.75, 3.05) is 27.4 Å². The summed E-state index contributed by atoms with van der Waals surface area (Å²) in [5, 5.41) is 15.1. The van der Waals surface area contributed by atoms with Crippen LogP contribution in [0.4, 0.5) is 0 Å². The fourth-order valence-electron chi connectivity index (χ4n) is 0.735. The molecule has 138 valence electrons. The van der Waals surface area contributed by atoms with E-state index in [-0.39, 0.29) is 13.4 Å². The minimum absolute atomic E-state index is 0. The Bertz CT molecular complexity index is 205. The summed E-state index contributed by atoms with van der Waals surface area (Å²) in [6, 6.07) is 0. The van der Waals surface area contributed by atoms with Crippen molar-refractivity contribution in [2.24, 2.45) is 0 Å². The van der Waals surface area contributed by atoms with Crippen molar-refractivity contribution in [3.05, 3.63) is 0 Å². The third-order valence-corrected chi connectivity index (χ3v) is 2.08. The van der Waals surface area contributed by atoms with Crippen LogP contribution in [0.2, 0.25) is 0 Å². The first-order valence-electron chi connectivity index (χ1n) is 7.81. The monoisotopic (exact) mass is 327 g/mol. The number of unbranched alkanes of at least 4 members (excludes halogenated alkanes) is 2. The molecule has 0 saturated heterocycles. The normalized spacial score (nSPS) is 8.00. The smallest absolute Gasteiger partial charge is 0.305 e. The molecule has 0 aromatic carbocycles. The largest absolute Gasteiger partial charge is 0.469 e. The lowest BCUT2D eigenvalue weighted by Gasteiger charge is -1.99. The molecule has 0 aromatic heterocycles. The molecule has 6 heteroatoms. The Hall–Kier alpha value is -1.14. The van der Waals surface area contributed by atoms with E-state index < -0.39 is 0 Å². The van der Waals surface area contributed by atoms with Gasteiger partial charge in [0, 0.05) is 28.0 Å². The predicted octanol–water partition coefficient (Wildman–Crippen LogP) is 2.94. The maximum absolute atomic E-state index is 10.5. The number of ether oxygens (including phenoxy) is 2. The number of carbonyl (C=O) groups excluding carboxylic acids is 2. The lowest BCUT2D eigenvalue weighted by molar-refractivity contribution is -0.143. The van der Waals surface area contributed by atoms with Gasteiger partial charge in [0.15, 0.2) is 0 Å². The van der Waals surface area contributed by atoms with Crippen molar-refractivity contribution in [3.63, 3.8) is 0 Å². The summed E-state index contributed by atoms with van der Waals surface area (Å²) in [5.74, 6) is -0.251. The topological polar surface area (TPSA) is 93.1 Å². The summed E-state index contributed by atoms with van der Waals surface area (Å²) in [5.41, 5.74) is 0. The second-order valence-electron chi connectivity index (χ2n) is 3.93. The molecule has 0 spiro atoms. The molecule has 22 heavy (non-hydrogen) atoms. The fraction of sp³-hybridized carbons (Fsp3) is 0.875. The zero-order valence-corrected chi connectivity index (χ0v) is 15.2. The quantitative estimate of drug-likeness (QED) is 0.551. The maximum Gasteiger partial charge on any atom is 0.305 e. The van der Waals surface area contributed by atoms with E-state index in [1.165, 1.54) is 7.11 Å². The third kappa shape index (κ3) is 42.8. The van der Waals surface area contributed by atoms with Crippen LogP contribution in [0.5, 0.6) is 0 Å². The van der Waals surface area contributed by atoms with Gasteiger partial charge < -0.3 is 19.7 Å². The van der Waals surface area contributed by atoms with Gasteiger partial charge in [-0.3, -0.25) is 9.59 Å². The van der Waals surface area contributed by atoms with Gasteiger partial charge in [0.05, 0.1) is 13.7 Å². The minimum Gasteiger partial charge on any atom is -0.469 e. The van der Waals surface area contributed by atoms with E-state index in [1.807, 2.05) is 0 Å². The van der Waals surface area contributed by atoms with Gasteiger partial charge in [-0.1, -0.05) is 40.5 Å². The molecule has 0 atom stereocenters. The van der Waals surface area contributed by atoms with Gasteiger partial charge in [-0.25, -0.2) is 0 Å². The van der Waals surface area contributed by atoms with Crippen LogP contribution in [0, 0.1) is 0 Å². The summed E-state index contributed by atoms with van der Waals surface area (Å²) >= 11 is 0. The zero-order valence-electron chi connectivity index (χ0n) is 15.2. The first-order valence-corrected chi connectivity index (χ1v) is 7.81. The average molecular weight is 327 g/mol. The molecule has 0 aliphatic rings. The molecule has 0 fully saturated rings. The zero-order chi connectivity index (χ0) is 18.2. The van der Waals surface area contributed by atoms with Crippen molar-refractivity contribution < 1.29 is 30.7 Å². The van der Waals surface area contributed by atoms with Crippen LogP contribution in [-0.4, -0.2) is 49.6 Å². The molecule has 0 rings (SSSR count). The first-order chi connectivity index (χ1) is 10.5. The Labute approximate surface area is 137 Å². The Morgan fingerprint density at radius 3 is 1.55 bits per heavy atom. The highest BCUT2D eigenvalue weighted by Gasteiger charge is 1.94. The SMILES string of the molecule is CCC(=O)OC.CCCCO.CCCCOC(=O)CC.CO.[2HH]. The Morgan fingerprint density at radius 2 is 1.36 bits per heavy atom. The summed E-state index contributed by atoms with van der Waals surface area (Å²) in [6.45, 7) is 8.61. The maximum atomic E-state index is 10.5. The van der Waals surface area contributed by atoms with Gasteiger partial charge in [0.25, 0.3) is 0 Å². The van der Waals surface area contributed by atoms with Crippen LogP contribution in [0.15, 0.2) is 0 Å². The fourth-order valence-corrected chi connectivity index (χ4v) is 0.735. The molecule has 0 aliphatic carbocycles. The standard InChI is InChI=1S/C7H14O2.C4H8O2.C4H10O.CH4O.H2/c1-3-5-6-9-7(8)4-2;1-3-4(5)6-2;1-2-3-4-5;1-2;/h3-6H2,1-2H3;3H2,1-2H3;5H,2-4H2,1H3;2H,1H3;1H/i;;;;1+1. The van der Waals surface area contributed by atoms with Gasteiger partial charge in [-0.2, -0.15) is 0 Å². The third-order valence-electron chi connectivity index (χ3n) is 2.08. The van der Waals surface area contributed by atoms with Crippen LogP contribution >= 0.6 is 0 Å². The number of hydrogen-bond acceptors (Lipinski definition) is 6. The van der Waals surface area contributed by atoms with Crippen molar-refractivity contribution in [3.8, 4) is 0 Å². The molecule has 0 aromatic rings. The number of aliphatic hydroxyl groups excluding tert-OH is 2. The summed E-state index contributed by atoms with van der Waals surface area (Å²) in [6.07, 6.45) is 5.06. The molecule has 0 unspecified atom stereocenters. The number of rotatable bonds is 7. The second-order valence-corrected chi connectivity index (χ2v) is 3.93. The van der Waals surface area contributed by atoms with E-state index in [4.69, 9.17) is 14.9 Å². The first kappa shape index (κ1) is 28.9. The lowest BCUT2D eigenvalue weighted by atomic mass is 10.4. The Kier molecular flexibility index (Phi) is 42.1. The highest BCUT2D eigenvalue weighted by Crippen LogP contribution is 1.90. The highest BCUT2D eigenvalue weighted by molar-refractivity contribution is 5.68. The van der Waals surface area contributed by atoms with E-state index in [0.717, 1.165) is 32.8 Å². The molecular formula is C16H38O6. The molecule has 0 saturated carbocycles. The predicted molar refractivity (Wildman–Crippen MR) is 90.7 cm³/mol. The van der Waals surface area contributed by atoms with Gasteiger partial charge in [-0.05, 0) is 12.8 Å². The van der Waals surface area contributed by atoms with Crippen LogP contribution in [0.1, 0.15) is 67.6 Å². The number of aliphatic hydroxyl groups is 2. The molecule has 6 nitrogen and oxygen atoms in total. The number of esters is 2. The van der Waals surface area contributed by atoms with E-state index in [1.54, 1.807) is 13.8 Å². The summed E-state index contributed by atoms with van der Waals surface area (Å²) in [7, 11) is 2.38. The van der Waals surface area contributed by atoms with Gasteiger partial charge in [0.1, 0.15) is 0 Å². The van der Waals surface area contributed by atoms with Gasteiger partial charge in [0.2, 0.25) is 0 Å². The minimum atomic E-state index is -0.157. The van der Waals surface area contributed by atoms with E-state index >= 15 is 0 Å². The average Bonchev–Trinajstić information content (AvgIpc) is 2.57. The Morgan fingerprint density at radius 1 is 0.909 bits per heavy atom. The van der Waals surface area contributed by atoms with E-state index in [9.17, 15) is 9.59 Å². The van der Waals surface area contributed by atoms with Crippen LogP contribution in [0.25, 0.3) is 0 Å². The molecule has 2 N–H and O–H groups in total. The van der Waals surface area contributed by atoms with E-state index in [2.05, 4.69) is 18.6 Å². The molecule has 0 heterocycles. The molecule has 0 amide bonds. The highest BCUT2D eigenvalue weighted by atomic mass is 16.5. The molecule has 0 aliphatic heterocycles. The second kappa shape index (κ2) is 32.0. The molecule has 0 bridgehead atoms. The van der Waals surface area contributed by atoms with E-state index in [0.29, 0.717) is 26.1 Å². The number of methoxy groups -OCH3 is 1. The summed E-state index contributed by atoms with van der Waals surface area (Å²) < 4.78 is 9.05. The van der Waals surface area contributed by atoms with Crippen molar-refractivity contribution in [1.82, 2.24) is 0 Å². The van der Waals surface area contributed by atoms with Crippen LogP contribution < -0.4 is 0 Å². The number of hydrogen-bond donors (Lipinski definition) is 2. The lowest BCUT2D eigenvalue weighted by Crippen LogP contribution is -2.02. The van der Waals surface area contributed by atoms with Crippen LogP contribution in [0.3, 0.4) is 0 Å². The number of carbonyl (C=O) groups is 2. The molecular weight excluding hydrogens is 288 g/mol. The Balaban J connectivity index is -0.0000000681.